The zero-order chi connectivity index (χ0) is 6.85. The minimum Gasteiger partial charge on any atom is -0.381 e. The fraction of sp³-hybridized carbons (Fsp3) is 0.250. The molecule has 4 nitrogen and oxygen atoms in total. The normalized spacial score (nSPS) is 26.2. The number of rotatable bonds is 0. The van der Waals surface area contributed by atoms with Crippen molar-refractivity contribution in [3.63, 3.8) is 0 Å². The van der Waals surface area contributed by atoms with Gasteiger partial charge in [-0.05, 0) is 0 Å². The number of hydrogen-bond donors (Lipinski definition) is 3. The van der Waals surface area contributed by atoms with Crippen LogP contribution in [0.25, 0.3) is 0 Å². The predicted octanol–water partition coefficient (Wildman–Crippen LogP) is -0.966. The smallest absolute Gasteiger partial charge is 0.224 e. The molecule has 5 heteroatoms. The van der Waals surface area contributed by atoms with E-state index < -0.39 is 12.2 Å². The zero-order valence-corrected chi connectivity index (χ0v) is 4.50. The number of aliphatic hydroxyl groups excluding tert-OH is 1. The standard InChI is InChI=1S/C4H6FN3O/c5-2-1-7-4(9)8-3(2)6/h1,4,7,9H,(H2,6,8). The summed E-state index contributed by atoms with van der Waals surface area (Å²) in [5.41, 5.74) is 4.98. The zero-order valence-electron chi connectivity index (χ0n) is 4.50. The second-order valence-corrected chi connectivity index (χ2v) is 1.55. The third-order valence-electron chi connectivity index (χ3n) is 0.865. The second-order valence-electron chi connectivity index (χ2n) is 1.55. The lowest BCUT2D eigenvalue weighted by molar-refractivity contribution is 0.160. The molecule has 1 atom stereocenters. The van der Waals surface area contributed by atoms with E-state index in [4.69, 9.17) is 10.8 Å². The van der Waals surface area contributed by atoms with E-state index in [1.165, 1.54) is 0 Å². The fourth-order valence-corrected chi connectivity index (χ4v) is 0.452. The van der Waals surface area contributed by atoms with Crippen LogP contribution >= 0.6 is 0 Å². The third kappa shape index (κ3) is 1.17. The summed E-state index contributed by atoms with van der Waals surface area (Å²) in [6.45, 7) is 0. The van der Waals surface area contributed by atoms with E-state index in [0.717, 1.165) is 6.20 Å². The molecular formula is C4H6FN3O. The Labute approximate surface area is 50.9 Å². The summed E-state index contributed by atoms with van der Waals surface area (Å²) in [5, 5.41) is 10.8. The highest BCUT2D eigenvalue weighted by Gasteiger charge is 2.09. The van der Waals surface area contributed by atoms with Gasteiger partial charge in [0.15, 0.2) is 11.7 Å². The summed E-state index contributed by atoms with van der Waals surface area (Å²) in [6, 6.07) is 0. The maximum atomic E-state index is 12.2. The van der Waals surface area contributed by atoms with E-state index in [-0.39, 0.29) is 5.84 Å². The van der Waals surface area contributed by atoms with Gasteiger partial charge in [-0.25, -0.2) is 9.38 Å². The monoisotopic (exact) mass is 131 g/mol. The minimum atomic E-state index is -1.11. The first-order chi connectivity index (χ1) is 4.20. The minimum absolute atomic E-state index is 0.277. The molecule has 9 heavy (non-hydrogen) atoms. The van der Waals surface area contributed by atoms with E-state index >= 15 is 0 Å². The number of nitrogens with zero attached hydrogens (tertiary/aromatic N) is 1. The third-order valence-corrected chi connectivity index (χ3v) is 0.865. The van der Waals surface area contributed by atoms with E-state index in [1.54, 1.807) is 0 Å². The molecule has 0 saturated carbocycles. The first-order valence-corrected chi connectivity index (χ1v) is 2.33. The number of aliphatic hydroxyl groups is 1. The molecule has 4 N–H and O–H groups in total. The number of nitrogens with one attached hydrogen (secondary N) is 1. The number of hydrogen-bond acceptors (Lipinski definition) is 4. The van der Waals surface area contributed by atoms with Gasteiger partial charge in [0.1, 0.15) is 0 Å². The van der Waals surface area contributed by atoms with Crippen molar-refractivity contribution in [1.29, 1.82) is 0 Å². The quantitative estimate of drug-likeness (QED) is 0.396. The Kier molecular flexibility index (Phi) is 1.35. The topological polar surface area (TPSA) is 70.6 Å². The number of nitrogens with two attached hydrogens (primary N) is 1. The first-order valence-electron chi connectivity index (χ1n) is 2.33. The Morgan fingerprint density at radius 2 is 2.56 bits per heavy atom. The number of aliphatic imine (C=N–C) groups is 1. The molecule has 50 valence electrons. The Morgan fingerprint density at radius 3 is 3.00 bits per heavy atom. The van der Waals surface area contributed by atoms with Crippen LogP contribution < -0.4 is 11.1 Å². The van der Waals surface area contributed by atoms with Crippen molar-refractivity contribution in [2.75, 3.05) is 0 Å². The molecule has 1 aliphatic heterocycles. The molecule has 1 unspecified atom stereocenters. The van der Waals surface area contributed by atoms with Gasteiger partial charge in [0.05, 0.1) is 0 Å². The molecule has 0 aromatic carbocycles. The van der Waals surface area contributed by atoms with Gasteiger partial charge >= 0.3 is 0 Å². The van der Waals surface area contributed by atoms with E-state index in [2.05, 4.69) is 10.3 Å². The molecule has 1 heterocycles. The Morgan fingerprint density at radius 1 is 1.89 bits per heavy atom. The highest BCUT2D eigenvalue weighted by molar-refractivity contribution is 5.95. The van der Waals surface area contributed by atoms with Crippen molar-refractivity contribution in [2.24, 2.45) is 10.7 Å². The molecule has 0 aromatic heterocycles. The van der Waals surface area contributed by atoms with Crippen molar-refractivity contribution in [2.45, 2.75) is 6.35 Å². The van der Waals surface area contributed by atoms with Crippen LogP contribution in [0.4, 0.5) is 4.39 Å². The molecule has 0 bridgehead atoms. The Hall–Kier alpha value is -1.10. The second kappa shape index (κ2) is 2.02. The van der Waals surface area contributed by atoms with Gasteiger partial charge in [-0.1, -0.05) is 0 Å². The van der Waals surface area contributed by atoms with Crippen molar-refractivity contribution >= 4 is 5.84 Å². The summed E-state index contributed by atoms with van der Waals surface area (Å²) in [4.78, 5) is 3.26. The summed E-state index contributed by atoms with van der Waals surface area (Å²) in [5.74, 6) is -0.929. The average Bonchev–Trinajstić information content (AvgIpc) is 1.80. The summed E-state index contributed by atoms with van der Waals surface area (Å²) < 4.78 is 12.2. The van der Waals surface area contributed by atoms with Crippen molar-refractivity contribution < 1.29 is 9.50 Å². The molecule has 1 aliphatic rings. The first kappa shape index (κ1) is 6.03. The van der Waals surface area contributed by atoms with Crippen LogP contribution in [0, 0.1) is 0 Å². The van der Waals surface area contributed by atoms with E-state index in [1.807, 2.05) is 0 Å². The van der Waals surface area contributed by atoms with Gasteiger partial charge in [0.2, 0.25) is 6.35 Å². The predicted molar refractivity (Wildman–Crippen MR) is 30.0 cm³/mol. The van der Waals surface area contributed by atoms with E-state index in [9.17, 15) is 4.39 Å². The maximum absolute atomic E-state index is 12.2. The van der Waals surface area contributed by atoms with Crippen molar-refractivity contribution in [1.82, 2.24) is 5.32 Å². The fourth-order valence-electron chi connectivity index (χ4n) is 0.452. The highest BCUT2D eigenvalue weighted by atomic mass is 19.1. The van der Waals surface area contributed by atoms with Gasteiger partial charge in [-0.2, -0.15) is 0 Å². The Balaban J connectivity index is 2.75. The molecule has 0 spiro atoms. The van der Waals surface area contributed by atoms with Crippen LogP contribution in [-0.4, -0.2) is 17.3 Å². The largest absolute Gasteiger partial charge is 0.381 e. The van der Waals surface area contributed by atoms with Crippen LogP contribution in [0.15, 0.2) is 17.0 Å². The molecular weight excluding hydrogens is 125 g/mol. The molecule has 0 fully saturated rings. The lowest BCUT2D eigenvalue weighted by Crippen LogP contribution is -2.31. The lowest BCUT2D eigenvalue weighted by Gasteiger charge is -2.10. The lowest BCUT2D eigenvalue weighted by atomic mass is 10.5. The SMILES string of the molecule is NC1=NC(O)NC=C1F. The molecule has 0 radical (unpaired) electrons. The number of amidine groups is 1. The van der Waals surface area contributed by atoms with Crippen molar-refractivity contribution in [3.05, 3.63) is 12.0 Å². The molecule has 0 saturated heterocycles. The van der Waals surface area contributed by atoms with Crippen LogP contribution in [0.2, 0.25) is 0 Å². The number of halogens is 1. The highest BCUT2D eigenvalue weighted by Crippen LogP contribution is 2.00. The van der Waals surface area contributed by atoms with Crippen LogP contribution in [0.1, 0.15) is 0 Å². The van der Waals surface area contributed by atoms with Gasteiger partial charge in [0, 0.05) is 6.20 Å². The molecule has 0 aliphatic carbocycles. The molecule has 0 aromatic rings. The summed E-state index contributed by atoms with van der Waals surface area (Å²) in [6.07, 6.45) is -0.142. The summed E-state index contributed by atoms with van der Waals surface area (Å²) in [7, 11) is 0. The maximum Gasteiger partial charge on any atom is 0.224 e. The molecule has 1 rings (SSSR count). The van der Waals surface area contributed by atoms with Gasteiger partial charge in [-0.15, -0.1) is 0 Å². The van der Waals surface area contributed by atoms with E-state index in [0.29, 0.717) is 0 Å². The van der Waals surface area contributed by atoms with Crippen LogP contribution in [0.3, 0.4) is 0 Å². The van der Waals surface area contributed by atoms with Crippen molar-refractivity contribution in [3.8, 4) is 0 Å². The molecule has 0 amide bonds. The average molecular weight is 131 g/mol. The van der Waals surface area contributed by atoms with Gasteiger partial charge < -0.3 is 16.2 Å². The van der Waals surface area contributed by atoms with Crippen LogP contribution in [-0.2, 0) is 0 Å². The van der Waals surface area contributed by atoms with Gasteiger partial charge in [0.25, 0.3) is 0 Å². The Bertz CT molecular complexity index is 177. The van der Waals surface area contributed by atoms with Gasteiger partial charge in [-0.3, -0.25) is 0 Å². The summed E-state index contributed by atoms with van der Waals surface area (Å²) >= 11 is 0. The van der Waals surface area contributed by atoms with Crippen LogP contribution in [0.5, 0.6) is 0 Å².